The quantitative estimate of drug-likeness (QED) is 0.326. The molecule has 1 fully saturated rings. The molecule has 2 heterocycles. The van der Waals surface area contributed by atoms with Crippen LogP contribution in [0, 0.1) is 0 Å². The number of nitrogen functional groups attached to an aromatic ring is 1. The Bertz CT molecular complexity index is 430. The fourth-order valence-electron chi connectivity index (χ4n) is 1.62. The Labute approximate surface area is 97.1 Å². The number of rotatable bonds is 3. The summed E-state index contributed by atoms with van der Waals surface area (Å²) < 4.78 is 4.99. The van der Waals surface area contributed by atoms with Gasteiger partial charge in [-0.3, -0.25) is 19.9 Å². The third-order valence-corrected chi connectivity index (χ3v) is 2.42. The Hall–Kier alpha value is -1.93. The Morgan fingerprint density at radius 2 is 2.53 bits per heavy atom. The molecule has 0 aliphatic carbocycles. The summed E-state index contributed by atoms with van der Waals surface area (Å²) >= 11 is 0. The SMILES string of the molecule is NNC(=O)c1cc(CN2CCNC(=O)C2)on1. The topological polar surface area (TPSA) is 113 Å². The van der Waals surface area contributed by atoms with E-state index in [1.165, 1.54) is 6.07 Å². The second kappa shape index (κ2) is 4.93. The molecule has 1 aliphatic heterocycles. The van der Waals surface area contributed by atoms with Gasteiger partial charge in [0.25, 0.3) is 5.91 Å². The summed E-state index contributed by atoms with van der Waals surface area (Å²) in [7, 11) is 0. The van der Waals surface area contributed by atoms with Gasteiger partial charge >= 0.3 is 0 Å². The second-order valence-electron chi connectivity index (χ2n) is 3.71. The highest BCUT2D eigenvalue weighted by Gasteiger charge is 2.19. The van der Waals surface area contributed by atoms with Crippen LogP contribution in [0.5, 0.6) is 0 Å². The summed E-state index contributed by atoms with van der Waals surface area (Å²) in [4.78, 5) is 24.2. The maximum Gasteiger partial charge on any atom is 0.287 e. The zero-order valence-corrected chi connectivity index (χ0v) is 9.10. The minimum absolute atomic E-state index is 0.0179. The molecule has 0 bridgehead atoms. The van der Waals surface area contributed by atoms with E-state index >= 15 is 0 Å². The van der Waals surface area contributed by atoms with Gasteiger partial charge in [0.1, 0.15) is 0 Å². The standard InChI is InChI=1S/C9H13N5O3/c10-12-9(16)7-3-6(17-13-7)4-14-2-1-11-8(15)5-14/h3H,1-2,4-5,10H2,(H,11,15)(H,12,16). The van der Waals surface area contributed by atoms with Crippen molar-refractivity contribution in [3.8, 4) is 0 Å². The summed E-state index contributed by atoms with van der Waals surface area (Å²) in [6.07, 6.45) is 0. The van der Waals surface area contributed by atoms with Gasteiger partial charge in [-0.1, -0.05) is 5.16 Å². The molecule has 92 valence electrons. The lowest BCUT2D eigenvalue weighted by atomic mass is 10.3. The fraction of sp³-hybridized carbons (Fsp3) is 0.444. The van der Waals surface area contributed by atoms with Crippen molar-refractivity contribution >= 4 is 11.8 Å². The van der Waals surface area contributed by atoms with Gasteiger partial charge in [0.2, 0.25) is 5.91 Å². The highest BCUT2D eigenvalue weighted by Crippen LogP contribution is 2.08. The van der Waals surface area contributed by atoms with Gasteiger partial charge in [0.05, 0.1) is 13.1 Å². The molecule has 2 amide bonds. The van der Waals surface area contributed by atoms with E-state index in [0.29, 0.717) is 25.4 Å². The highest BCUT2D eigenvalue weighted by molar-refractivity contribution is 5.91. The highest BCUT2D eigenvalue weighted by atomic mass is 16.5. The third-order valence-electron chi connectivity index (χ3n) is 2.42. The van der Waals surface area contributed by atoms with Crippen molar-refractivity contribution < 1.29 is 14.1 Å². The van der Waals surface area contributed by atoms with Crippen molar-refractivity contribution in [3.63, 3.8) is 0 Å². The number of hydrazine groups is 1. The van der Waals surface area contributed by atoms with Crippen LogP contribution in [-0.2, 0) is 11.3 Å². The molecule has 8 heteroatoms. The average molecular weight is 239 g/mol. The van der Waals surface area contributed by atoms with Crippen LogP contribution >= 0.6 is 0 Å². The summed E-state index contributed by atoms with van der Waals surface area (Å²) in [5.41, 5.74) is 2.09. The maximum absolute atomic E-state index is 11.1. The van der Waals surface area contributed by atoms with Gasteiger partial charge < -0.3 is 9.84 Å². The number of hydrogen-bond acceptors (Lipinski definition) is 6. The Balaban J connectivity index is 1.96. The van der Waals surface area contributed by atoms with E-state index in [4.69, 9.17) is 10.4 Å². The number of nitrogens with one attached hydrogen (secondary N) is 2. The fourth-order valence-corrected chi connectivity index (χ4v) is 1.62. The van der Waals surface area contributed by atoms with Crippen LogP contribution in [0.4, 0.5) is 0 Å². The minimum atomic E-state index is -0.503. The van der Waals surface area contributed by atoms with Crippen molar-refractivity contribution in [2.75, 3.05) is 19.6 Å². The van der Waals surface area contributed by atoms with E-state index in [2.05, 4.69) is 10.5 Å². The van der Waals surface area contributed by atoms with E-state index in [9.17, 15) is 9.59 Å². The molecule has 0 spiro atoms. The molecule has 4 N–H and O–H groups in total. The minimum Gasteiger partial charge on any atom is -0.359 e. The predicted molar refractivity (Wildman–Crippen MR) is 56.4 cm³/mol. The molecule has 8 nitrogen and oxygen atoms in total. The van der Waals surface area contributed by atoms with Crippen LogP contribution in [0.15, 0.2) is 10.6 Å². The smallest absolute Gasteiger partial charge is 0.287 e. The monoisotopic (exact) mass is 239 g/mol. The molecule has 2 rings (SSSR count). The number of nitrogens with two attached hydrogens (primary N) is 1. The van der Waals surface area contributed by atoms with Crippen LogP contribution in [0.3, 0.4) is 0 Å². The number of amides is 2. The number of carbonyl (C=O) groups excluding carboxylic acids is 2. The summed E-state index contributed by atoms with van der Waals surface area (Å²) in [5.74, 6) is 4.98. The van der Waals surface area contributed by atoms with Crippen molar-refractivity contribution in [2.45, 2.75) is 6.54 Å². The van der Waals surface area contributed by atoms with Gasteiger partial charge in [-0.25, -0.2) is 5.84 Å². The first-order chi connectivity index (χ1) is 8.19. The summed E-state index contributed by atoms with van der Waals surface area (Å²) in [6, 6.07) is 1.51. The third kappa shape index (κ3) is 2.80. The lowest BCUT2D eigenvalue weighted by molar-refractivity contribution is -0.124. The van der Waals surface area contributed by atoms with Gasteiger partial charge in [-0.2, -0.15) is 0 Å². The molecule has 1 aliphatic rings. The zero-order chi connectivity index (χ0) is 12.3. The second-order valence-corrected chi connectivity index (χ2v) is 3.71. The number of piperazine rings is 1. The summed E-state index contributed by atoms with van der Waals surface area (Å²) in [6.45, 7) is 2.12. The molecule has 0 atom stereocenters. The number of carbonyl (C=O) groups is 2. The largest absolute Gasteiger partial charge is 0.359 e. The summed E-state index contributed by atoms with van der Waals surface area (Å²) in [5, 5.41) is 6.30. The molecule has 1 saturated heterocycles. The van der Waals surface area contributed by atoms with Crippen molar-refractivity contribution in [1.82, 2.24) is 20.8 Å². The molecular weight excluding hydrogens is 226 g/mol. The Morgan fingerprint density at radius 3 is 3.24 bits per heavy atom. The predicted octanol–water partition coefficient (Wildman–Crippen LogP) is -1.79. The Morgan fingerprint density at radius 1 is 1.71 bits per heavy atom. The molecule has 1 aromatic rings. The van der Waals surface area contributed by atoms with Gasteiger partial charge in [0, 0.05) is 19.2 Å². The first-order valence-corrected chi connectivity index (χ1v) is 5.14. The molecule has 0 radical (unpaired) electrons. The zero-order valence-electron chi connectivity index (χ0n) is 9.10. The normalized spacial score (nSPS) is 16.6. The number of aromatic nitrogens is 1. The van der Waals surface area contributed by atoms with E-state index in [0.717, 1.165) is 6.54 Å². The van der Waals surface area contributed by atoms with Crippen molar-refractivity contribution in [3.05, 3.63) is 17.5 Å². The van der Waals surface area contributed by atoms with E-state index in [-0.39, 0.29) is 11.6 Å². The van der Waals surface area contributed by atoms with E-state index in [1.54, 1.807) is 0 Å². The van der Waals surface area contributed by atoms with Gasteiger partial charge in [-0.15, -0.1) is 0 Å². The Kier molecular flexibility index (Phi) is 3.35. The van der Waals surface area contributed by atoms with Crippen LogP contribution in [-0.4, -0.2) is 41.5 Å². The number of hydrogen-bond donors (Lipinski definition) is 3. The van der Waals surface area contributed by atoms with Gasteiger partial charge in [0.15, 0.2) is 11.5 Å². The first kappa shape index (κ1) is 11.6. The first-order valence-electron chi connectivity index (χ1n) is 5.14. The number of nitrogens with zero attached hydrogens (tertiary/aromatic N) is 2. The molecule has 0 aromatic carbocycles. The van der Waals surface area contributed by atoms with Crippen LogP contribution < -0.4 is 16.6 Å². The van der Waals surface area contributed by atoms with Crippen molar-refractivity contribution in [1.29, 1.82) is 0 Å². The van der Waals surface area contributed by atoms with E-state index < -0.39 is 5.91 Å². The molecule has 1 aromatic heterocycles. The molecular formula is C9H13N5O3. The molecule has 0 unspecified atom stereocenters. The van der Waals surface area contributed by atoms with Crippen LogP contribution in [0.1, 0.15) is 16.2 Å². The van der Waals surface area contributed by atoms with Crippen LogP contribution in [0.2, 0.25) is 0 Å². The van der Waals surface area contributed by atoms with Gasteiger partial charge in [-0.05, 0) is 0 Å². The van der Waals surface area contributed by atoms with E-state index in [1.807, 2.05) is 10.3 Å². The average Bonchev–Trinajstić information content (AvgIpc) is 2.76. The lowest BCUT2D eigenvalue weighted by Gasteiger charge is -2.24. The molecule has 0 saturated carbocycles. The lowest BCUT2D eigenvalue weighted by Crippen LogP contribution is -2.47. The van der Waals surface area contributed by atoms with Crippen molar-refractivity contribution in [2.24, 2.45) is 5.84 Å². The molecule has 17 heavy (non-hydrogen) atoms. The maximum atomic E-state index is 11.1. The van der Waals surface area contributed by atoms with Crippen LogP contribution in [0.25, 0.3) is 0 Å².